The average molecular weight is 253 g/mol. The number of aryl methyl sites for hydroxylation is 1. The van der Waals surface area contributed by atoms with Gasteiger partial charge >= 0.3 is 0 Å². The SMILES string of the molecule is COc1nc(C)ccc1Cc1c[nH]c2ncccc12. The van der Waals surface area contributed by atoms with Crippen molar-refractivity contribution >= 4 is 11.0 Å². The number of methoxy groups -OCH3 is 1. The van der Waals surface area contributed by atoms with Crippen LogP contribution in [0.2, 0.25) is 0 Å². The monoisotopic (exact) mass is 253 g/mol. The van der Waals surface area contributed by atoms with Crippen molar-refractivity contribution in [3.63, 3.8) is 0 Å². The van der Waals surface area contributed by atoms with E-state index in [1.165, 1.54) is 5.56 Å². The van der Waals surface area contributed by atoms with Crippen LogP contribution in [0.15, 0.2) is 36.7 Å². The van der Waals surface area contributed by atoms with Crippen molar-refractivity contribution in [2.24, 2.45) is 0 Å². The fourth-order valence-corrected chi connectivity index (χ4v) is 2.24. The Labute approximate surface area is 111 Å². The average Bonchev–Trinajstić information content (AvgIpc) is 2.84. The smallest absolute Gasteiger partial charge is 0.216 e. The van der Waals surface area contributed by atoms with E-state index >= 15 is 0 Å². The molecule has 0 aliphatic heterocycles. The van der Waals surface area contributed by atoms with Crippen LogP contribution in [0.5, 0.6) is 5.88 Å². The summed E-state index contributed by atoms with van der Waals surface area (Å²) in [5, 5.41) is 1.14. The maximum Gasteiger partial charge on any atom is 0.216 e. The molecule has 1 N–H and O–H groups in total. The van der Waals surface area contributed by atoms with E-state index < -0.39 is 0 Å². The number of ether oxygens (including phenoxy) is 1. The van der Waals surface area contributed by atoms with Gasteiger partial charge in [0, 0.05) is 35.5 Å². The number of hydrogen-bond acceptors (Lipinski definition) is 3. The molecule has 0 bridgehead atoms. The summed E-state index contributed by atoms with van der Waals surface area (Å²) in [4.78, 5) is 11.9. The zero-order valence-corrected chi connectivity index (χ0v) is 11.0. The van der Waals surface area contributed by atoms with Crippen molar-refractivity contribution in [2.45, 2.75) is 13.3 Å². The van der Waals surface area contributed by atoms with Gasteiger partial charge in [-0.15, -0.1) is 0 Å². The topological polar surface area (TPSA) is 50.8 Å². The van der Waals surface area contributed by atoms with Crippen LogP contribution in [-0.2, 0) is 6.42 Å². The van der Waals surface area contributed by atoms with Crippen molar-refractivity contribution in [1.29, 1.82) is 0 Å². The number of aromatic nitrogens is 3. The molecule has 0 aliphatic rings. The summed E-state index contributed by atoms with van der Waals surface area (Å²) >= 11 is 0. The van der Waals surface area contributed by atoms with Crippen LogP contribution in [-0.4, -0.2) is 22.1 Å². The Hall–Kier alpha value is -2.36. The van der Waals surface area contributed by atoms with Crippen molar-refractivity contribution in [2.75, 3.05) is 7.11 Å². The summed E-state index contributed by atoms with van der Waals surface area (Å²) in [5.74, 6) is 0.693. The van der Waals surface area contributed by atoms with Gasteiger partial charge in [-0.25, -0.2) is 9.97 Å². The van der Waals surface area contributed by atoms with E-state index in [2.05, 4.69) is 27.1 Å². The minimum atomic E-state index is 0.693. The predicted molar refractivity (Wildman–Crippen MR) is 74.4 cm³/mol. The molecule has 0 aromatic carbocycles. The second-order valence-corrected chi connectivity index (χ2v) is 4.51. The molecule has 0 radical (unpaired) electrons. The molecule has 3 heterocycles. The summed E-state index contributed by atoms with van der Waals surface area (Å²) in [6.45, 7) is 1.96. The Morgan fingerprint density at radius 2 is 2.11 bits per heavy atom. The third-order valence-corrected chi connectivity index (χ3v) is 3.19. The zero-order valence-electron chi connectivity index (χ0n) is 11.0. The molecule has 0 aliphatic carbocycles. The second kappa shape index (κ2) is 4.72. The largest absolute Gasteiger partial charge is 0.481 e. The van der Waals surface area contributed by atoms with Gasteiger partial charge in [-0.05, 0) is 30.7 Å². The molecule has 0 saturated heterocycles. The highest BCUT2D eigenvalue weighted by atomic mass is 16.5. The van der Waals surface area contributed by atoms with Crippen molar-refractivity contribution in [3.8, 4) is 5.88 Å². The van der Waals surface area contributed by atoms with Crippen LogP contribution >= 0.6 is 0 Å². The normalized spacial score (nSPS) is 10.8. The van der Waals surface area contributed by atoms with Crippen molar-refractivity contribution in [3.05, 3.63) is 53.5 Å². The molecular formula is C15H15N3O. The molecule has 0 unspecified atom stereocenters. The lowest BCUT2D eigenvalue weighted by molar-refractivity contribution is 0.392. The zero-order chi connectivity index (χ0) is 13.2. The molecule has 4 nitrogen and oxygen atoms in total. The van der Waals surface area contributed by atoms with Crippen LogP contribution < -0.4 is 4.74 Å². The summed E-state index contributed by atoms with van der Waals surface area (Å²) in [5.41, 5.74) is 4.16. The highest BCUT2D eigenvalue weighted by Gasteiger charge is 2.09. The summed E-state index contributed by atoms with van der Waals surface area (Å²) in [6.07, 6.45) is 4.57. The maximum absolute atomic E-state index is 5.35. The molecule has 0 amide bonds. The quantitative estimate of drug-likeness (QED) is 0.780. The van der Waals surface area contributed by atoms with Crippen LogP contribution in [0.1, 0.15) is 16.8 Å². The molecule has 0 spiro atoms. The highest BCUT2D eigenvalue weighted by molar-refractivity contribution is 5.79. The number of nitrogens with one attached hydrogen (secondary N) is 1. The van der Waals surface area contributed by atoms with Gasteiger partial charge in [-0.3, -0.25) is 0 Å². The number of aromatic amines is 1. The Balaban J connectivity index is 2.01. The van der Waals surface area contributed by atoms with E-state index in [1.807, 2.05) is 25.3 Å². The number of hydrogen-bond donors (Lipinski definition) is 1. The van der Waals surface area contributed by atoms with Crippen molar-refractivity contribution in [1.82, 2.24) is 15.0 Å². The van der Waals surface area contributed by atoms with Crippen LogP contribution in [0, 0.1) is 6.92 Å². The van der Waals surface area contributed by atoms with Crippen molar-refractivity contribution < 1.29 is 4.74 Å². The third-order valence-electron chi connectivity index (χ3n) is 3.19. The van der Waals surface area contributed by atoms with Crippen LogP contribution in [0.25, 0.3) is 11.0 Å². The lowest BCUT2D eigenvalue weighted by Gasteiger charge is -2.07. The van der Waals surface area contributed by atoms with Crippen LogP contribution in [0.3, 0.4) is 0 Å². The minimum Gasteiger partial charge on any atom is -0.481 e. The Morgan fingerprint density at radius 3 is 2.95 bits per heavy atom. The number of H-pyrrole nitrogens is 1. The van der Waals surface area contributed by atoms with E-state index in [4.69, 9.17) is 4.74 Å². The molecule has 0 fully saturated rings. The summed E-state index contributed by atoms with van der Waals surface area (Å²) < 4.78 is 5.35. The lowest BCUT2D eigenvalue weighted by atomic mass is 10.1. The first-order valence-corrected chi connectivity index (χ1v) is 6.19. The Morgan fingerprint density at radius 1 is 1.21 bits per heavy atom. The fourth-order valence-electron chi connectivity index (χ4n) is 2.24. The third kappa shape index (κ3) is 2.17. The van der Waals surface area contributed by atoms with E-state index in [0.29, 0.717) is 5.88 Å². The number of fused-ring (bicyclic) bond motifs is 1. The van der Waals surface area contributed by atoms with Gasteiger partial charge in [0.2, 0.25) is 5.88 Å². The molecular weight excluding hydrogens is 238 g/mol. The molecule has 3 aromatic heterocycles. The molecule has 96 valence electrons. The van der Waals surface area contributed by atoms with E-state index in [0.717, 1.165) is 28.7 Å². The number of pyridine rings is 2. The van der Waals surface area contributed by atoms with Gasteiger partial charge < -0.3 is 9.72 Å². The van der Waals surface area contributed by atoms with Gasteiger partial charge in [0.1, 0.15) is 5.65 Å². The molecule has 3 rings (SSSR count). The predicted octanol–water partition coefficient (Wildman–Crippen LogP) is 2.87. The first-order chi connectivity index (χ1) is 9.28. The lowest BCUT2D eigenvalue weighted by Crippen LogP contribution is -1.97. The molecule has 3 aromatic rings. The van der Waals surface area contributed by atoms with E-state index in [-0.39, 0.29) is 0 Å². The first kappa shape index (κ1) is 11.7. The van der Waals surface area contributed by atoms with Gasteiger partial charge in [0.15, 0.2) is 0 Å². The van der Waals surface area contributed by atoms with Gasteiger partial charge in [0.05, 0.1) is 7.11 Å². The number of nitrogens with zero attached hydrogens (tertiary/aromatic N) is 2. The molecule has 0 saturated carbocycles. The number of rotatable bonds is 3. The summed E-state index contributed by atoms with van der Waals surface area (Å²) in [7, 11) is 1.65. The highest BCUT2D eigenvalue weighted by Crippen LogP contribution is 2.23. The van der Waals surface area contributed by atoms with E-state index in [9.17, 15) is 0 Å². The van der Waals surface area contributed by atoms with Crippen LogP contribution in [0.4, 0.5) is 0 Å². The molecule has 19 heavy (non-hydrogen) atoms. The van der Waals surface area contributed by atoms with E-state index in [1.54, 1.807) is 13.3 Å². The fraction of sp³-hybridized carbons (Fsp3) is 0.200. The Kier molecular flexibility index (Phi) is 2.91. The minimum absolute atomic E-state index is 0.693. The standard InChI is InChI=1S/C15H15N3O/c1-10-5-6-11(15(18-10)19-2)8-12-9-17-14-13(12)4-3-7-16-14/h3-7,9H,8H2,1-2H3,(H,16,17). The Bertz CT molecular complexity index is 718. The summed E-state index contributed by atoms with van der Waals surface area (Å²) in [6, 6.07) is 8.09. The van der Waals surface area contributed by atoms with Gasteiger partial charge in [0.25, 0.3) is 0 Å². The maximum atomic E-state index is 5.35. The molecule has 4 heteroatoms. The molecule has 0 atom stereocenters. The van der Waals surface area contributed by atoms with Gasteiger partial charge in [-0.2, -0.15) is 0 Å². The van der Waals surface area contributed by atoms with Gasteiger partial charge in [-0.1, -0.05) is 6.07 Å². The second-order valence-electron chi connectivity index (χ2n) is 4.51. The first-order valence-electron chi connectivity index (χ1n) is 6.19.